The standard InChI is InChI=1S/C19H15ClO7/c1-24-13-8-6-12(7-9-13)19(27-20(21,22)23)15-10-11-16(25-2)14-4-3-5-17(26-19)18(14)15/h3-11H,1-2H3. The summed E-state index contributed by atoms with van der Waals surface area (Å²) in [6.07, 6.45) is 0. The van der Waals surface area contributed by atoms with Crippen LogP contribution in [0.15, 0.2) is 54.6 Å². The first-order valence-corrected chi connectivity index (χ1v) is 9.16. The summed E-state index contributed by atoms with van der Waals surface area (Å²) in [7, 11) is -1.74. The van der Waals surface area contributed by atoms with Gasteiger partial charge in [-0.1, -0.05) is 12.1 Å². The highest BCUT2D eigenvalue weighted by atomic mass is 35.7. The Labute approximate surface area is 157 Å². The molecule has 3 aromatic carbocycles. The van der Waals surface area contributed by atoms with Crippen molar-refractivity contribution in [3.63, 3.8) is 0 Å². The quantitative estimate of drug-likeness (QED) is 0.619. The Bertz CT molecular complexity index is 997. The summed E-state index contributed by atoms with van der Waals surface area (Å²) >= 11 is 0. The smallest absolute Gasteiger partial charge is 0.415 e. The van der Waals surface area contributed by atoms with Gasteiger partial charge in [-0.05, 0) is 42.5 Å². The molecule has 0 amide bonds. The first-order valence-electron chi connectivity index (χ1n) is 7.93. The van der Waals surface area contributed by atoms with E-state index in [0.717, 1.165) is 0 Å². The molecule has 1 atom stereocenters. The molecule has 0 spiro atoms. The zero-order valence-corrected chi connectivity index (χ0v) is 15.2. The highest BCUT2D eigenvalue weighted by molar-refractivity contribution is 5.98. The molecule has 4 rings (SSSR count). The lowest BCUT2D eigenvalue weighted by atomic mass is 9.94. The van der Waals surface area contributed by atoms with Gasteiger partial charge in [-0.3, -0.25) is 0 Å². The molecule has 1 unspecified atom stereocenters. The molecule has 1 aliphatic rings. The Hall–Kier alpha value is -2.55. The second kappa shape index (κ2) is 6.26. The van der Waals surface area contributed by atoms with E-state index in [2.05, 4.69) is 0 Å². The Balaban J connectivity index is 1.98. The minimum absolute atomic E-state index is 0.331. The lowest BCUT2D eigenvalue weighted by Gasteiger charge is -2.27. The van der Waals surface area contributed by atoms with Crippen LogP contribution in [-0.4, -0.2) is 14.2 Å². The van der Waals surface area contributed by atoms with Crippen molar-refractivity contribution in [1.29, 1.82) is 0 Å². The lowest BCUT2D eigenvalue weighted by Crippen LogP contribution is -2.64. The van der Waals surface area contributed by atoms with Crippen molar-refractivity contribution < 1.29 is 42.7 Å². The third-order valence-electron chi connectivity index (χ3n) is 4.46. The minimum Gasteiger partial charge on any atom is -0.497 e. The number of ether oxygens (including phenoxy) is 3. The van der Waals surface area contributed by atoms with Crippen LogP contribution in [-0.2, 0) is 10.1 Å². The summed E-state index contributed by atoms with van der Waals surface area (Å²) in [5.74, 6) is -0.405. The molecule has 0 saturated carbocycles. The van der Waals surface area contributed by atoms with Gasteiger partial charge in [0.2, 0.25) is 0 Å². The largest absolute Gasteiger partial charge is 0.497 e. The Morgan fingerprint density at radius 1 is 0.889 bits per heavy atom. The van der Waals surface area contributed by atoms with Crippen LogP contribution in [0.2, 0.25) is 0 Å². The molecule has 0 N–H and O–H groups in total. The Morgan fingerprint density at radius 2 is 1.63 bits per heavy atom. The predicted octanol–water partition coefficient (Wildman–Crippen LogP) is 0.364. The molecular weight excluding hydrogens is 376 g/mol. The highest BCUT2D eigenvalue weighted by Gasteiger charge is 2.57. The molecule has 0 fully saturated rings. The van der Waals surface area contributed by atoms with Crippen molar-refractivity contribution >= 4 is 10.8 Å². The van der Waals surface area contributed by atoms with Gasteiger partial charge in [-0.15, -0.1) is 0 Å². The maximum atomic E-state index is 11.5. The fraction of sp³-hybridized carbons (Fsp3) is 0.158. The van der Waals surface area contributed by atoms with Crippen LogP contribution in [0.3, 0.4) is 0 Å². The second-order valence-corrected chi connectivity index (χ2v) is 6.81. The first kappa shape index (κ1) is 17.8. The van der Waals surface area contributed by atoms with Crippen LogP contribution < -0.4 is 28.2 Å². The normalized spacial score (nSPS) is 18.4. The molecule has 1 heterocycles. The van der Waals surface area contributed by atoms with E-state index >= 15 is 0 Å². The molecule has 27 heavy (non-hydrogen) atoms. The molecule has 0 aromatic heterocycles. The summed E-state index contributed by atoms with van der Waals surface area (Å²) in [6.45, 7) is 0. The molecule has 0 bridgehead atoms. The molecule has 8 heteroatoms. The molecule has 0 radical (unpaired) electrons. The predicted molar refractivity (Wildman–Crippen MR) is 86.0 cm³/mol. The van der Waals surface area contributed by atoms with Crippen molar-refractivity contribution in [3.8, 4) is 17.2 Å². The van der Waals surface area contributed by atoms with Crippen molar-refractivity contribution in [2.45, 2.75) is 5.79 Å². The van der Waals surface area contributed by atoms with Gasteiger partial charge in [-0.25, -0.2) is 0 Å². The van der Waals surface area contributed by atoms with E-state index in [0.29, 0.717) is 39.1 Å². The molecular formula is C19H15ClO7. The number of hydrogen-bond acceptors (Lipinski definition) is 7. The average Bonchev–Trinajstić information content (AvgIpc) is 2.96. The van der Waals surface area contributed by atoms with Crippen LogP contribution in [0, 0.1) is 10.2 Å². The summed E-state index contributed by atoms with van der Waals surface area (Å²) in [4.78, 5) is 0. The maximum Gasteiger partial charge on any atom is 0.415 e. The van der Waals surface area contributed by atoms with Crippen molar-refractivity contribution in [2.24, 2.45) is 0 Å². The number of rotatable bonds is 5. The van der Waals surface area contributed by atoms with Crippen LogP contribution in [0.5, 0.6) is 17.2 Å². The average molecular weight is 391 g/mol. The first-order chi connectivity index (χ1) is 12.9. The van der Waals surface area contributed by atoms with E-state index in [4.69, 9.17) is 18.5 Å². The van der Waals surface area contributed by atoms with Crippen molar-refractivity contribution in [1.82, 2.24) is 0 Å². The van der Waals surface area contributed by atoms with Gasteiger partial charge in [0.05, 0.1) is 30.0 Å². The van der Waals surface area contributed by atoms with Crippen LogP contribution in [0.4, 0.5) is 0 Å². The number of halogens is 1. The molecule has 3 aromatic rings. The van der Waals surface area contributed by atoms with Crippen molar-refractivity contribution in [2.75, 3.05) is 14.2 Å². The van der Waals surface area contributed by atoms with E-state index in [1.54, 1.807) is 48.5 Å². The lowest BCUT2D eigenvalue weighted by molar-refractivity contribution is -1.92. The zero-order valence-electron chi connectivity index (χ0n) is 14.4. The molecule has 0 saturated heterocycles. The summed E-state index contributed by atoms with van der Waals surface area (Å²) < 4.78 is 56.1. The van der Waals surface area contributed by atoms with E-state index < -0.39 is 16.0 Å². The minimum atomic E-state index is -4.79. The molecule has 0 aliphatic carbocycles. The molecule has 7 nitrogen and oxygen atoms in total. The van der Waals surface area contributed by atoms with Gasteiger partial charge in [0.1, 0.15) is 21.5 Å². The van der Waals surface area contributed by atoms with Gasteiger partial charge in [0.15, 0.2) is 0 Å². The van der Waals surface area contributed by atoms with Crippen LogP contribution in [0.25, 0.3) is 10.8 Å². The molecule has 140 valence electrons. The number of hydrogen-bond donors (Lipinski definition) is 0. The number of benzene rings is 3. The second-order valence-electron chi connectivity index (χ2n) is 5.90. The highest BCUT2D eigenvalue weighted by Crippen LogP contribution is 2.51. The fourth-order valence-electron chi connectivity index (χ4n) is 3.35. The third-order valence-corrected chi connectivity index (χ3v) is 4.87. The van der Waals surface area contributed by atoms with Gasteiger partial charge >= 0.3 is 5.79 Å². The SMILES string of the molecule is COc1ccc(C2(O[Cl+3]([O-])([O-])[O-])Oc3cccc4c(OC)ccc2c34)cc1. The van der Waals surface area contributed by atoms with Crippen molar-refractivity contribution in [3.05, 3.63) is 65.7 Å². The topological polar surface area (TPSA) is 106 Å². The number of methoxy groups -OCH3 is 2. The van der Waals surface area contributed by atoms with Gasteiger partial charge in [0.25, 0.3) is 0 Å². The van der Waals surface area contributed by atoms with Gasteiger partial charge < -0.3 is 14.2 Å². The summed E-state index contributed by atoms with van der Waals surface area (Å²) in [5.41, 5.74) is 0.726. The molecule has 1 aliphatic heterocycles. The maximum absolute atomic E-state index is 11.5. The van der Waals surface area contributed by atoms with E-state index in [9.17, 15) is 14.0 Å². The van der Waals surface area contributed by atoms with E-state index in [1.807, 2.05) is 6.07 Å². The van der Waals surface area contributed by atoms with Gasteiger partial charge in [0, 0.05) is 16.3 Å². The van der Waals surface area contributed by atoms with E-state index in [-0.39, 0.29) is 0 Å². The summed E-state index contributed by atoms with van der Waals surface area (Å²) in [5, 5.41) is 1.33. The van der Waals surface area contributed by atoms with E-state index in [1.165, 1.54) is 14.2 Å². The zero-order chi connectivity index (χ0) is 19.2. The Morgan fingerprint density at radius 3 is 2.26 bits per heavy atom. The van der Waals surface area contributed by atoms with Crippen LogP contribution in [0.1, 0.15) is 11.1 Å². The summed E-state index contributed by atoms with van der Waals surface area (Å²) in [6, 6.07) is 15.0. The fourth-order valence-corrected chi connectivity index (χ4v) is 3.82. The third kappa shape index (κ3) is 2.86. The monoisotopic (exact) mass is 390 g/mol. The Kier molecular flexibility index (Phi) is 4.14. The van der Waals surface area contributed by atoms with Gasteiger partial charge in [-0.2, -0.15) is 14.0 Å². The van der Waals surface area contributed by atoms with Crippen LogP contribution >= 0.6 is 0 Å².